The molecule has 1 fully saturated rings. The van der Waals surface area contributed by atoms with Crippen LogP contribution >= 0.6 is 15.9 Å². The number of halogens is 1. The first-order valence-corrected chi connectivity index (χ1v) is 7.69. The van der Waals surface area contributed by atoms with Gasteiger partial charge in [-0.1, -0.05) is 13.3 Å². The predicted molar refractivity (Wildman–Crippen MR) is 82.0 cm³/mol. The van der Waals surface area contributed by atoms with Gasteiger partial charge in [-0.3, -0.25) is 0 Å². The van der Waals surface area contributed by atoms with Crippen LogP contribution in [0, 0.1) is 5.41 Å². The summed E-state index contributed by atoms with van der Waals surface area (Å²) in [5.41, 5.74) is 1.01. The van der Waals surface area contributed by atoms with Crippen molar-refractivity contribution in [2.45, 2.75) is 38.8 Å². The normalized spacial score (nSPS) is 25.9. The summed E-state index contributed by atoms with van der Waals surface area (Å²) >= 11 is 3.33. The van der Waals surface area contributed by atoms with Crippen LogP contribution in [0.4, 0.5) is 0 Å². The van der Waals surface area contributed by atoms with Crippen molar-refractivity contribution >= 4 is 15.9 Å². The number of hydrogen-bond donors (Lipinski definition) is 3. The lowest BCUT2D eigenvalue weighted by Gasteiger charge is -2.30. The zero-order valence-corrected chi connectivity index (χ0v) is 13.5. The van der Waals surface area contributed by atoms with E-state index in [1.54, 1.807) is 7.11 Å². The second kappa shape index (κ2) is 6.33. The van der Waals surface area contributed by atoms with Gasteiger partial charge in [-0.05, 0) is 46.5 Å². The molecule has 0 aromatic heterocycles. The highest BCUT2D eigenvalue weighted by atomic mass is 79.9. The van der Waals surface area contributed by atoms with Crippen LogP contribution in [0.15, 0.2) is 16.6 Å². The van der Waals surface area contributed by atoms with Gasteiger partial charge in [0.2, 0.25) is 0 Å². The third kappa shape index (κ3) is 3.10. The Balaban J connectivity index is 2.06. The van der Waals surface area contributed by atoms with E-state index in [1.165, 1.54) is 0 Å². The molecule has 0 aliphatic heterocycles. The fourth-order valence-electron chi connectivity index (χ4n) is 2.90. The third-order valence-electron chi connectivity index (χ3n) is 4.30. The summed E-state index contributed by atoms with van der Waals surface area (Å²) < 4.78 is 5.78. The lowest BCUT2D eigenvalue weighted by Crippen LogP contribution is -2.41. The van der Waals surface area contributed by atoms with E-state index in [1.807, 2.05) is 12.1 Å². The molecule has 1 aliphatic rings. The molecular formula is C15H22BrNO3. The molecule has 0 amide bonds. The van der Waals surface area contributed by atoms with Crippen LogP contribution in [0.2, 0.25) is 0 Å². The minimum absolute atomic E-state index is 0.0295. The molecule has 0 bridgehead atoms. The van der Waals surface area contributed by atoms with E-state index < -0.39 is 0 Å². The van der Waals surface area contributed by atoms with Crippen molar-refractivity contribution in [1.82, 2.24) is 5.32 Å². The predicted octanol–water partition coefficient (Wildman–Crippen LogP) is 2.80. The van der Waals surface area contributed by atoms with Crippen molar-refractivity contribution in [2.24, 2.45) is 5.41 Å². The number of methoxy groups -OCH3 is 1. The van der Waals surface area contributed by atoms with Gasteiger partial charge in [0, 0.05) is 24.6 Å². The van der Waals surface area contributed by atoms with Crippen LogP contribution in [0.25, 0.3) is 0 Å². The largest absolute Gasteiger partial charge is 0.503 e. The highest BCUT2D eigenvalue weighted by Crippen LogP contribution is 2.38. The van der Waals surface area contributed by atoms with Gasteiger partial charge in [0.25, 0.3) is 0 Å². The summed E-state index contributed by atoms with van der Waals surface area (Å²) in [6.45, 7) is 3.04. The number of phenols is 1. The second-order valence-electron chi connectivity index (χ2n) is 5.77. The van der Waals surface area contributed by atoms with Crippen LogP contribution in [0.5, 0.6) is 11.5 Å². The highest BCUT2D eigenvalue weighted by molar-refractivity contribution is 9.10. The Kier molecular flexibility index (Phi) is 4.94. The van der Waals surface area contributed by atoms with E-state index in [2.05, 4.69) is 28.2 Å². The molecule has 0 saturated heterocycles. The van der Waals surface area contributed by atoms with Crippen LogP contribution in [-0.4, -0.2) is 30.0 Å². The average Bonchev–Trinajstić information content (AvgIpc) is 2.82. The lowest BCUT2D eigenvalue weighted by atomic mass is 9.86. The Morgan fingerprint density at radius 3 is 2.90 bits per heavy atom. The molecule has 5 heteroatoms. The number of aliphatic hydroxyl groups is 1. The smallest absolute Gasteiger partial charge is 0.172 e. The van der Waals surface area contributed by atoms with E-state index >= 15 is 0 Å². The van der Waals surface area contributed by atoms with Crippen molar-refractivity contribution in [2.75, 3.05) is 13.7 Å². The summed E-state index contributed by atoms with van der Waals surface area (Å²) in [7, 11) is 1.54. The summed E-state index contributed by atoms with van der Waals surface area (Å²) in [6.07, 6.45) is 3.30. The molecule has 0 radical (unpaired) electrons. The van der Waals surface area contributed by atoms with Crippen molar-refractivity contribution in [3.05, 3.63) is 22.2 Å². The minimum atomic E-state index is -0.0295. The summed E-state index contributed by atoms with van der Waals surface area (Å²) in [6, 6.07) is 4.04. The Bertz CT molecular complexity index is 480. The zero-order chi connectivity index (χ0) is 14.8. The number of hydrogen-bond acceptors (Lipinski definition) is 4. The maximum absolute atomic E-state index is 9.80. The summed E-state index contributed by atoms with van der Waals surface area (Å²) in [5, 5.41) is 22.9. The maximum Gasteiger partial charge on any atom is 0.172 e. The summed E-state index contributed by atoms with van der Waals surface area (Å²) in [5.74, 6) is 0.588. The molecule has 1 aliphatic carbocycles. The quantitative estimate of drug-likeness (QED) is 0.769. The van der Waals surface area contributed by atoms with Crippen molar-refractivity contribution in [1.29, 1.82) is 0 Å². The van der Waals surface area contributed by atoms with Crippen LogP contribution < -0.4 is 10.1 Å². The van der Waals surface area contributed by atoms with Crippen LogP contribution in [0.1, 0.15) is 31.7 Å². The number of aliphatic hydroxyl groups excluding tert-OH is 1. The lowest BCUT2D eigenvalue weighted by molar-refractivity contribution is 0.118. The molecule has 2 unspecified atom stereocenters. The van der Waals surface area contributed by atoms with Crippen LogP contribution in [0.3, 0.4) is 0 Å². The van der Waals surface area contributed by atoms with Gasteiger partial charge in [0.15, 0.2) is 11.5 Å². The van der Waals surface area contributed by atoms with Gasteiger partial charge in [0.1, 0.15) is 0 Å². The number of benzene rings is 1. The summed E-state index contributed by atoms with van der Waals surface area (Å²) in [4.78, 5) is 0. The molecule has 0 spiro atoms. The van der Waals surface area contributed by atoms with Gasteiger partial charge in [0.05, 0.1) is 11.6 Å². The topological polar surface area (TPSA) is 61.7 Å². The fourth-order valence-corrected chi connectivity index (χ4v) is 3.39. The van der Waals surface area contributed by atoms with E-state index in [0.29, 0.717) is 22.8 Å². The Labute approximate surface area is 128 Å². The van der Waals surface area contributed by atoms with Gasteiger partial charge < -0.3 is 20.3 Å². The van der Waals surface area contributed by atoms with Gasteiger partial charge in [-0.2, -0.15) is 0 Å². The van der Waals surface area contributed by atoms with Gasteiger partial charge >= 0.3 is 0 Å². The molecule has 4 nitrogen and oxygen atoms in total. The second-order valence-corrected chi connectivity index (χ2v) is 6.62. The molecule has 112 valence electrons. The Morgan fingerprint density at radius 1 is 1.50 bits per heavy atom. The number of aromatic hydroxyl groups is 1. The van der Waals surface area contributed by atoms with E-state index in [-0.39, 0.29) is 17.8 Å². The fraction of sp³-hybridized carbons (Fsp3) is 0.600. The molecule has 2 atom stereocenters. The number of rotatable bonds is 5. The molecule has 1 aromatic rings. The Hall–Kier alpha value is -0.780. The third-order valence-corrected chi connectivity index (χ3v) is 4.91. The number of ether oxygens (including phenoxy) is 1. The van der Waals surface area contributed by atoms with Crippen molar-refractivity contribution in [3.8, 4) is 11.5 Å². The van der Waals surface area contributed by atoms with E-state index in [0.717, 1.165) is 24.8 Å². The van der Waals surface area contributed by atoms with E-state index in [4.69, 9.17) is 4.74 Å². The zero-order valence-electron chi connectivity index (χ0n) is 11.9. The van der Waals surface area contributed by atoms with Crippen molar-refractivity contribution in [3.63, 3.8) is 0 Å². The first kappa shape index (κ1) is 15.6. The first-order valence-electron chi connectivity index (χ1n) is 6.90. The number of nitrogens with one attached hydrogen (secondary N) is 1. The molecule has 2 rings (SSSR count). The molecule has 1 saturated carbocycles. The average molecular weight is 344 g/mol. The van der Waals surface area contributed by atoms with E-state index in [9.17, 15) is 10.2 Å². The van der Waals surface area contributed by atoms with Crippen LogP contribution in [-0.2, 0) is 6.54 Å². The highest BCUT2D eigenvalue weighted by Gasteiger charge is 2.37. The molecule has 20 heavy (non-hydrogen) atoms. The standard InChI is InChI=1S/C15H22BrNO3/c1-15(9-18)5-3-4-13(15)17-8-10-6-11(16)14(19)12(7-10)20-2/h6-7,13,17-19H,3-5,8-9H2,1-2H3. The first-order chi connectivity index (χ1) is 9.50. The van der Waals surface area contributed by atoms with Gasteiger partial charge in [-0.25, -0.2) is 0 Å². The Morgan fingerprint density at radius 2 is 2.25 bits per heavy atom. The minimum Gasteiger partial charge on any atom is -0.503 e. The monoisotopic (exact) mass is 343 g/mol. The molecular weight excluding hydrogens is 322 g/mol. The number of phenolic OH excluding ortho intramolecular Hbond substituents is 1. The van der Waals surface area contributed by atoms with Crippen molar-refractivity contribution < 1.29 is 14.9 Å². The SMILES string of the molecule is COc1cc(CNC2CCCC2(C)CO)cc(Br)c1O. The molecule has 1 aromatic carbocycles. The maximum atomic E-state index is 9.80. The molecule has 3 N–H and O–H groups in total. The molecule has 0 heterocycles. The van der Waals surface area contributed by atoms with Gasteiger partial charge in [-0.15, -0.1) is 0 Å².